The zero-order valence-corrected chi connectivity index (χ0v) is 18.6. The summed E-state index contributed by atoms with van der Waals surface area (Å²) in [7, 11) is 0. The summed E-state index contributed by atoms with van der Waals surface area (Å²) in [5.74, 6) is -1.54. The highest BCUT2D eigenvalue weighted by molar-refractivity contribution is 5.99. The molecule has 0 spiro atoms. The van der Waals surface area contributed by atoms with Crippen molar-refractivity contribution in [2.45, 2.75) is 13.8 Å². The number of hydrazine groups is 1. The number of benzene rings is 3. The quantitative estimate of drug-likeness (QED) is 0.226. The lowest BCUT2D eigenvalue weighted by atomic mass is 10.1. The second kappa shape index (κ2) is 11.2. The Morgan fingerprint density at radius 3 is 2.26 bits per heavy atom. The summed E-state index contributed by atoms with van der Waals surface area (Å²) in [5, 5.41) is 2.60. The van der Waals surface area contributed by atoms with Gasteiger partial charge in [-0.1, -0.05) is 35.9 Å². The molecule has 0 unspecified atom stereocenters. The van der Waals surface area contributed by atoms with Gasteiger partial charge < -0.3 is 10.1 Å². The lowest BCUT2D eigenvalue weighted by Crippen LogP contribution is -2.40. The van der Waals surface area contributed by atoms with E-state index in [1.54, 1.807) is 54.6 Å². The van der Waals surface area contributed by atoms with Gasteiger partial charge in [-0.3, -0.25) is 25.2 Å². The minimum atomic E-state index is -0.581. The molecule has 3 rings (SSSR count). The molecule has 0 aliphatic heterocycles. The van der Waals surface area contributed by atoms with Crippen molar-refractivity contribution in [2.24, 2.45) is 0 Å². The fraction of sp³-hybridized carbons (Fsp3) is 0.0769. The van der Waals surface area contributed by atoms with Crippen molar-refractivity contribution in [3.05, 3.63) is 101 Å². The van der Waals surface area contributed by atoms with Crippen molar-refractivity contribution in [3.8, 4) is 5.75 Å². The van der Waals surface area contributed by atoms with Crippen molar-refractivity contribution in [3.63, 3.8) is 0 Å². The lowest BCUT2D eigenvalue weighted by molar-refractivity contribution is -0.117. The van der Waals surface area contributed by atoms with Crippen LogP contribution in [0.25, 0.3) is 6.08 Å². The molecule has 0 saturated heterocycles. The Labute approximate surface area is 196 Å². The van der Waals surface area contributed by atoms with Crippen LogP contribution in [0.1, 0.15) is 38.8 Å². The van der Waals surface area contributed by atoms with Crippen LogP contribution in [-0.4, -0.2) is 23.7 Å². The van der Waals surface area contributed by atoms with E-state index in [0.29, 0.717) is 28.1 Å². The van der Waals surface area contributed by atoms with Crippen LogP contribution < -0.4 is 20.9 Å². The number of esters is 1. The van der Waals surface area contributed by atoms with E-state index >= 15 is 0 Å². The average molecular weight is 457 g/mol. The largest absolute Gasteiger partial charge is 0.422 e. The number of nitrogens with one attached hydrogen (secondary N) is 3. The standard InChI is InChI=1S/C26H23N3O5/c1-17-6-5-8-21(16-17)26(33)34-23-9-4-3-7-19(23)12-15-24(31)28-29-25(32)20-10-13-22(14-11-20)27-18(2)30/h3-16H,1-2H3,(H,27,30)(H,28,31)(H,29,32)/b15-12+. The van der Waals surface area contributed by atoms with Gasteiger partial charge in [0.15, 0.2) is 0 Å². The van der Waals surface area contributed by atoms with Crippen molar-refractivity contribution in [1.82, 2.24) is 10.9 Å². The first-order valence-electron chi connectivity index (χ1n) is 10.4. The highest BCUT2D eigenvalue weighted by Crippen LogP contribution is 2.21. The molecular weight excluding hydrogens is 434 g/mol. The molecule has 3 amide bonds. The number of anilines is 1. The smallest absolute Gasteiger partial charge is 0.343 e. The topological polar surface area (TPSA) is 114 Å². The second-order valence-electron chi connectivity index (χ2n) is 7.33. The molecule has 0 aliphatic rings. The van der Waals surface area contributed by atoms with E-state index < -0.39 is 17.8 Å². The summed E-state index contributed by atoms with van der Waals surface area (Å²) >= 11 is 0. The monoisotopic (exact) mass is 457 g/mol. The molecule has 0 fully saturated rings. The third-order valence-electron chi connectivity index (χ3n) is 4.56. The lowest BCUT2D eigenvalue weighted by Gasteiger charge is -2.08. The molecule has 0 bridgehead atoms. The summed E-state index contributed by atoms with van der Waals surface area (Å²) in [6.45, 7) is 3.27. The maximum absolute atomic E-state index is 12.4. The van der Waals surface area contributed by atoms with Gasteiger partial charge in [-0.25, -0.2) is 4.79 Å². The van der Waals surface area contributed by atoms with Crippen molar-refractivity contribution < 1.29 is 23.9 Å². The third kappa shape index (κ3) is 6.89. The molecule has 0 aliphatic carbocycles. The number of hydrogen-bond acceptors (Lipinski definition) is 5. The molecule has 172 valence electrons. The maximum Gasteiger partial charge on any atom is 0.343 e. The average Bonchev–Trinajstić information content (AvgIpc) is 2.82. The number of aryl methyl sites for hydroxylation is 1. The molecule has 3 N–H and O–H groups in total. The first-order chi connectivity index (χ1) is 16.3. The van der Waals surface area contributed by atoms with Crippen LogP contribution in [0.5, 0.6) is 5.75 Å². The van der Waals surface area contributed by atoms with Crippen LogP contribution in [0.2, 0.25) is 0 Å². The Morgan fingerprint density at radius 1 is 0.824 bits per heavy atom. The Morgan fingerprint density at radius 2 is 1.56 bits per heavy atom. The number of carbonyl (C=O) groups is 4. The molecule has 8 nitrogen and oxygen atoms in total. The van der Waals surface area contributed by atoms with Crippen LogP contribution >= 0.6 is 0 Å². The van der Waals surface area contributed by atoms with Gasteiger partial charge >= 0.3 is 5.97 Å². The molecule has 0 radical (unpaired) electrons. The van der Waals surface area contributed by atoms with Gasteiger partial charge in [-0.15, -0.1) is 0 Å². The fourth-order valence-electron chi connectivity index (χ4n) is 2.95. The van der Waals surface area contributed by atoms with E-state index in [9.17, 15) is 19.2 Å². The van der Waals surface area contributed by atoms with Gasteiger partial charge in [0.1, 0.15) is 5.75 Å². The van der Waals surface area contributed by atoms with E-state index in [0.717, 1.165) is 5.56 Å². The van der Waals surface area contributed by atoms with E-state index in [4.69, 9.17) is 4.74 Å². The number of para-hydroxylation sites is 1. The van der Waals surface area contributed by atoms with Crippen LogP contribution in [0.15, 0.2) is 78.9 Å². The Hall–Kier alpha value is -4.72. The first-order valence-corrected chi connectivity index (χ1v) is 10.4. The number of carbonyl (C=O) groups excluding carboxylic acids is 4. The molecule has 0 atom stereocenters. The zero-order valence-electron chi connectivity index (χ0n) is 18.6. The van der Waals surface area contributed by atoms with Gasteiger partial charge in [0, 0.05) is 29.8 Å². The van der Waals surface area contributed by atoms with Gasteiger partial charge in [0.25, 0.3) is 11.8 Å². The minimum absolute atomic E-state index is 0.220. The zero-order chi connectivity index (χ0) is 24.5. The van der Waals surface area contributed by atoms with Crippen LogP contribution in [0.4, 0.5) is 5.69 Å². The van der Waals surface area contributed by atoms with Gasteiger partial charge in [0.2, 0.25) is 5.91 Å². The Bertz CT molecular complexity index is 1250. The third-order valence-corrected chi connectivity index (χ3v) is 4.56. The summed E-state index contributed by atoms with van der Waals surface area (Å²) in [6, 6.07) is 20.0. The predicted octanol–water partition coefficient (Wildman–Crippen LogP) is 3.65. The molecule has 34 heavy (non-hydrogen) atoms. The van der Waals surface area contributed by atoms with E-state index in [2.05, 4.69) is 16.2 Å². The summed E-state index contributed by atoms with van der Waals surface area (Å²) in [6.07, 6.45) is 2.68. The van der Waals surface area contributed by atoms with Crippen LogP contribution in [0.3, 0.4) is 0 Å². The second-order valence-corrected chi connectivity index (χ2v) is 7.33. The normalized spacial score (nSPS) is 10.4. The van der Waals surface area contributed by atoms with E-state index in [1.165, 1.54) is 31.2 Å². The first kappa shape index (κ1) is 23.9. The summed E-state index contributed by atoms with van der Waals surface area (Å²) in [4.78, 5) is 47.9. The molecule has 3 aromatic rings. The van der Waals surface area contributed by atoms with E-state index in [-0.39, 0.29) is 5.91 Å². The Kier molecular flexibility index (Phi) is 7.91. The minimum Gasteiger partial charge on any atom is -0.422 e. The van der Waals surface area contributed by atoms with Gasteiger partial charge in [0.05, 0.1) is 5.56 Å². The predicted molar refractivity (Wildman–Crippen MR) is 128 cm³/mol. The van der Waals surface area contributed by atoms with Crippen LogP contribution in [0, 0.1) is 6.92 Å². The number of rotatable bonds is 6. The molecule has 0 aromatic heterocycles. The number of amides is 3. The van der Waals surface area contributed by atoms with Crippen molar-refractivity contribution in [1.29, 1.82) is 0 Å². The fourth-order valence-corrected chi connectivity index (χ4v) is 2.95. The van der Waals surface area contributed by atoms with Crippen LogP contribution in [-0.2, 0) is 9.59 Å². The highest BCUT2D eigenvalue weighted by atomic mass is 16.5. The number of hydrogen-bond donors (Lipinski definition) is 3. The van der Waals surface area contributed by atoms with Crippen molar-refractivity contribution in [2.75, 3.05) is 5.32 Å². The molecule has 0 heterocycles. The van der Waals surface area contributed by atoms with Gasteiger partial charge in [-0.2, -0.15) is 0 Å². The number of ether oxygens (including phenoxy) is 1. The molecule has 0 saturated carbocycles. The summed E-state index contributed by atoms with van der Waals surface area (Å²) in [5.41, 5.74) is 7.31. The van der Waals surface area contributed by atoms with E-state index in [1.807, 2.05) is 13.0 Å². The maximum atomic E-state index is 12.4. The molecule has 8 heteroatoms. The summed E-state index contributed by atoms with van der Waals surface area (Å²) < 4.78 is 5.49. The van der Waals surface area contributed by atoms with Crippen molar-refractivity contribution >= 4 is 35.5 Å². The molecular formula is C26H23N3O5. The highest BCUT2D eigenvalue weighted by Gasteiger charge is 2.11. The molecule has 3 aromatic carbocycles. The SMILES string of the molecule is CC(=O)Nc1ccc(C(=O)NNC(=O)/C=C/c2ccccc2OC(=O)c2cccc(C)c2)cc1. The van der Waals surface area contributed by atoms with Gasteiger partial charge in [-0.05, 0) is 55.5 Å². The Balaban J connectivity index is 1.58.